The molecule has 146 valence electrons. The number of anilines is 1. The number of carbonyl (C=O) groups excluding carboxylic acids is 1. The summed E-state index contributed by atoms with van der Waals surface area (Å²) in [5.74, 6) is -0.277. The fourth-order valence-electron chi connectivity index (χ4n) is 2.21. The Kier molecular flexibility index (Phi) is 6.71. The van der Waals surface area contributed by atoms with Gasteiger partial charge in [0.15, 0.2) is 9.84 Å². The Morgan fingerprint density at radius 2 is 1.79 bits per heavy atom. The molecule has 2 aromatic carbocycles. The van der Waals surface area contributed by atoms with E-state index in [0.29, 0.717) is 10.8 Å². The highest BCUT2D eigenvalue weighted by Crippen LogP contribution is 2.21. The number of thioether (sulfide) groups is 1. The Labute approximate surface area is 171 Å². The van der Waals surface area contributed by atoms with Crippen molar-refractivity contribution >= 4 is 45.1 Å². The van der Waals surface area contributed by atoms with Crippen molar-refractivity contribution in [2.24, 2.45) is 0 Å². The third-order valence-corrected chi connectivity index (χ3v) is 6.42. The first-order valence-electron chi connectivity index (χ1n) is 8.21. The van der Waals surface area contributed by atoms with Crippen LogP contribution in [0.5, 0.6) is 0 Å². The van der Waals surface area contributed by atoms with Gasteiger partial charge >= 0.3 is 6.01 Å². The topological polar surface area (TPSA) is 102 Å². The van der Waals surface area contributed by atoms with E-state index in [1.165, 1.54) is 23.9 Å². The molecule has 10 heteroatoms. The predicted molar refractivity (Wildman–Crippen MR) is 107 cm³/mol. The van der Waals surface area contributed by atoms with E-state index in [1.54, 1.807) is 30.3 Å². The van der Waals surface area contributed by atoms with E-state index in [0.717, 1.165) is 4.90 Å². The highest BCUT2D eigenvalue weighted by Gasteiger charge is 2.20. The maximum absolute atomic E-state index is 12.3. The summed E-state index contributed by atoms with van der Waals surface area (Å²) in [5, 5.41) is 10.5. The second-order valence-electron chi connectivity index (χ2n) is 5.67. The molecule has 1 heterocycles. The van der Waals surface area contributed by atoms with Gasteiger partial charge in [-0.3, -0.25) is 10.1 Å². The maximum Gasteiger partial charge on any atom is 0.322 e. The summed E-state index contributed by atoms with van der Waals surface area (Å²) in [6.45, 7) is 0. The van der Waals surface area contributed by atoms with Crippen molar-refractivity contribution in [2.45, 2.75) is 22.0 Å². The normalized spacial score (nSPS) is 11.3. The minimum atomic E-state index is -3.60. The van der Waals surface area contributed by atoms with Gasteiger partial charge in [-0.15, -0.1) is 16.9 Å². The second-order valence-corrected chi connectivity index (χ2v) is 9.27. The van der Waals surface area contributed by atoms with E-state index < -0.39 is 15.6 Å². The first-order valence-corrected chi connectivity index (χ1v) is 11.2. The van der Waals surface area contributed by atoms with Gasteiger partial charge in [0.05, 0.1) is 4.90 Å². The number of sulfone groups is 1. The van der Waals surface area contributed by atoms with Crippen LogP contribution in [0, 0.1) is 0 Å². The Morgan fingerprint density at radius 3 is 2.50 bits per heavy atom. The molecule has 0 saturated heterocycles. The Balaban J connectivity index is 1.50. The SMILES string of the molecule is O=C(CCSc1ccc(Cl)cc1)Nc1nnc(CS(=O)(=O)c2ccccc2)o1. The number of rotatable bonds is 8. The van der Waals surface area contributed by atoms with E-state index >= 15 is 0 Å². The smallest absolute Gasteiger partial charge is 0.322 e. The van der Waals surface area contributed by atoms with Gasteiger partial charge in [0.25, 0.3) is 0 Å². The number of nitrogens with zero attached hydrogens (tertiary/aromatic N) is 2. The number of aromatic nitrogens is 2. The molecule has 28 heavy (non-hydrogen) atoms. The van der Waals surface area contributed by atoms with Crippen LogP contribution in [0.3, 0.4) is 0 Å². The summed E-state index contributed by atoms with van der Waals surface area (Å²) in [6.07, 6.45) is 0.229. The van der Waals surface area contributed by atoms with Gasteiger partial charge in [-0.2, -0.15) is 0 Å². The molecule has 0 aliphatic heterocycles. The van der Waals surface area contributed by atoms with Crippen molar-refractivity contribution in [2.75, 3.05) is 11.1 Å². The zero-order chi connectivity index (χ0) is 20.0. The van der Waals surface area contributed by atoms with Crippen LogP contribution in [0.2, 0.25) is 5.02 Å². The van der Waals surface area contributed by atoms with Crippen LogP contribution < -0.4 is 5.32 Å². The van der Waals surface area contributed by atoms with E-state index in [4.69, 9.17) is 16.0 Å². The Morgan fingerprint density at radius 1 is 1.07 bits per heavy atom. The van der Waals surface area contributed by atoms with Crippen molar-refractivity contribution in [3.8, 4) is 0 Å². The zero-order valence-corrected chi connectivity index (χ0v) is 16.9. The molecule has 3 aromatic rings. The summed E-state index contributed by atoms with van der Waals surface area (Å²) in [6, 6.07) is 15.2. The molecule has 1 N–H and O–H groups in total. The van der Waals surface area contributed by atoms with Gasteiger partial charge in [-0.05, 0) is 36.4 Å². The standard InChI is InChI=1S/C18H16ClN3O4S2/c19-13-6-8-14(9-7-13)27-11-10-16(23)20-18-22-21-17(26-18)12-28(24,25)15-4-2-1-3-5-15/h1-9H,10-12H2,(H,20,22,23). The molecular formula is C18H16ClN3O4S2. The molecule has 0 aliphatic carbocycles. The maximum atomic E-state index is 12.3. The third-order valence-electron chi connectivity index (χ3n) is 3.54. The molecule has 0 aliphatic rings. The van der Waals surface area contributed by atoms with Gasteiger partial charge in [0.1, 0.15) is 5.75 Å². The van der Waals surface area contributed by atoms with Gasteiger partial charge in [0.2, 0.25) is 11.8 Å². The largest absolute Gasteiger partial charge is 0.407 e. The minimum Gasteiger partial charge on any atom is -0.407 e. The number of halogens is 1. The lowest BCUT2D eigenvalue weighted by Gasteiger charge is -2.02. The zero-order valence-electron chi connectivity index (χ0n) is 14.5. The summed E-state index contributed by atoms with van der Waals surface area (Å²) in [5.41, 5.74) is 0. The molecule has 1 amide bonds. The van der Waals surface area contributed by atoms with Crippen LogP contribution in [0.15, 0.2) is 68.8 Å². The Bertz CT molecular complexity index is 1040. The highest BCUT2D eigenvalue weighted by molar-refractivity contribution is 7.99. The molecule has 0 spiro atoms. The van der Waals surface area contributed by atoms with Crippen LogP contribution >= 0.6 is 23.4 Å². The van der Waals surface area contributed by atoms with Crippen LogP contribution in [0.4, 0.5) is 6.01 Å². The predicted octanol–water partition coefficient (Wildman–Crippen LogP) is 3.82. The monoisotopic (exact) mass is 437 g/mol. The third kappa shape index (κ3) is 5.82. The van der Waals surface area contributed by atoms with E-state index in [2.05, 4.69) is 15.5 Å². The molecule has 0 bridgehead atoms. The number of amides is 1. The van der Waals surface area contributed by atoms with E-state index in [1.807, 2.05) is 12.1 Å². The molecule has 1 aromatic heterocycles. The van der Waals surface area contributed by atoms with Crippen molar-refractivity contribution in [3.63, 3.8) is 0 Å². The average molecular weight is 438 g/mol. The van der Waals surface area contributed by atoms with Crippen LogP contribution in [0.25, 0.3) is 0 Å². The second kappa shape index (κ2) is 9.22. The molecule has 3 rings (SSSR count). The van der Waals surface area contributed by atoms with Gasteiger partial charge in [0, 0.05) is 22.1 Å². The van der Waals surface area contributed by atoms with Crippen molar-refractivity contribution in [1.82, 2.24) is 10.2 Å². The van der Waals surface area contributed by atoms with Crippen LogP contribution in [-0.2, 0) is 20.4 Å². The van der Waals surface area contributed by atoms with Crippen molar-refractivity contribution in [3.05, 3.63) is 65.5 Å². The van der Waals surface area contributed by atoms with Crippen LogP contribution in [0.1, 0.15) is 12.3 Å². The lowest BCUT2D eigenvalue weighted by Crippen LogP contribution is -2.12. The fourth-order valence-corrected chi connectivity index (χ4v) is 4.37. The molecule has 0 saturated carbocycles. The first kappa shape index (κ1) is 20.4. The summed E-state index contributed by atoms with van der Waals surface area (Å²) >= 11 is 7.34. The van der Waals surface area contributed by atoms with Gasteiger partial charge < -0.3 is 4.42 Å². The lowest BCUT2D eigenvalue weighted by atomic mass is 10.4. The summed E-state index contributed by atoms with van der Waals surface area (Å²) < 4.78 is 29.8. The molecule has 0 radical (unpaired) electrons. The van der Waals surface area contributed by atoms with Gasteiger partial charge in [-0.1, -0.05) is 34.9 Å². The average Bonchev–Trinajstić information content (AvgIpc) is 3.10. The number of hydrogen-bond donors (Lipinski definition) is 1. The number of carbonyl (C=O) groups is 1. The number of benzene rings is 2. The number of hydrogen-bond acceptors (Lipinski definition) is 7. The molecule has 7 nitrogen and oxygen atoms in total. The number of nitrogens with one attached hydrogen (secondary N) is 1. The molecule has 0 fully saturated rings. The van der Waals surface area contributed by atoms with Crippen molar-refractivity contribution in [1.29, 1.82) is 0 Å². The first-order chi connectivity index (χ1) is 13.4. The molecular weight excluding hydrogens is 422 g/mol. The summed E-state index contributed by atoms with van der Waals surface area (Å²) in [4.78, 5) is 13.1. The highest BCUT2D eigenvalue weighted by atomic mass is 35.5. The molecule has 0 atom stereocenters. The minimum absolute atomic E-state index is 0.0882. The Hall–Kier alpha value is -2.36. The van der Waals surface area contributed by atoms with Crippen LogP contribution in [-0.4, -0.2) is 30.3 Å². The molecule has 0 unspecified atom stereocenters. The van der Waals surface area contributed by atoms with Gasteiger partial charge in [-0.25, -0.2) is 8.42 Å². The quantitative estimate of drug-likeness (QED) is 0.534. The lowest BCUT2D eigenvalue weighted by molar-refractivity contribution is -0.115. The van der Waals surface area contributed by atoms with E-state index in [9.17, 15) is 13.2 Å². The fraction of sp³-hybridized carbons (Fsp3) is 0.167. The van der Waals surface area contributed by atoms with Crippen molar-refractivity contribution < 1.29 is 17.6 Å². The summed E-state index contributed by atoms with van der Waals surface area (Å²) in [7, 11) is -3.60. The van der Waals surface area contributed by atoms with E-state index in [-0.39, 0.29) is 29.1 Å².